The van der Waals surface area contributed by atoms with Crippen LogP contribution >= 0.6 is 24.0 Å². The van der Waals surface area contributed by atoms with Crippen LogP contribution in [0.2, 0.25) is 0 Å². The van der Waals surface area contributed by atoms with E-state index in [1.807, 2.05) is 0 Å². The fourth-order valence-corrected chi connectivity index (χ4v) is 3.81. The first kappa shape index (κ1) is 20.8. The molecule has 0 atom stereocenters. The van der Waals surface area contributed by atoms with E-state index in [1.165, 1.54) is 19.2 Å². The Kier molecular flexibility index (Phi) is 6.50. The molecular formula is C20H16FNO5S2. The minimum Gasteiger partial charge on any atom is -0.493 e. The molecule has 0 saturated carbocycles. The van der Waals surface area contributed by atoms with Gasteiger partial charge in [0.25, 0.3) is 5.91 Å². The van der Waals surface area contributed by atoms with Gasteiger partial charge >= 0.3 is 5.97 Å². The highest BCUT2D eigenvalue weighted by molar-refractivity contribution is 8.26. The van der Waals surface area contributed by atoms with Crippen LogP contribution in [-0.4, -0.2) is 39.9 Å². The van der Waals surface area contributed by atoms with E-state index in [-0.39, 0.29) is 16.7 Å². The van der Waals surface area contributed by atoms with Gasteiger partial charge in [-0.1, -0.05) is 42.2 Å². The number of carboxylic acids is 1. The maximum Gasteiger partial charge on any atom is 0.323 e. The summed E-state index contributed by atoms with van der Waals surface area (Å²) < 4.78 is 24.3. The summed E-state index contributed by atoms with van der Waals surface area (Å²) in [4.78, 5) is 24.6. The van der Waals surface area contributed by atoms with Gasteiger partial charge in [-0.15, -0.1) is 0 Å². The lowest BCUT2D eigenvalue weighted by atomic mass is 10.1. The van der Waals surface area contributed by atoms with Crippen molar-refractivity contribution >= 4 is 46.3 Å². The summed E-state index contributed by atoms with van der Waals surface area (Å²) >= 11 is 6.13. The van der Waals surface area contributed by atoms with Crippen molar-refractivity contribution in [2.24, 2.45) is 0 Å². The van der Waals surface area contributed by atoms with Gasteiger partial charge in [0.2, 0.25) is 0 Å². The third-order valence-corrected chi connectivity index (χ3v) is 5.34. The number of carboxylic acid groups (broad SMARTS) is 1. The van der Waals surface area contributed by atoms with Gasteiger partial charge < -0.3 is 14.6 Å². The van der Waals surface area contributed by atoms with Gasteiger partial charge in [-0.3, -0.25) is 14.5 Å². The van der Waals surface area contributed by atoms with Crippen LogP contribution < -0.4 is 9.47 Å². The van der Waals surface area contributed by atoms with Gasteiger partial charge in [-0.2, -0.15) is 0 Å². The lowest BCUT2D eigenvalue weighted by molar-refractivity contribution is -0.140. The second-order valence-electron chi connectivity index (χ2n) is 5.99. The normalized spacial score (nSPS) is 15.1. The summed E-state index contributed by atoms with van der Waals surface area (Å²) in [5.74, 6) is -0.941. The summed E-state index contributed by atoms with van der Waals surface area (Å²) in [6, 6.07) is 11.1. The molecule has 150 valence electrons. The first-order chi connectivity index (χ1) is 13.9. The Balaban J connectivity index is 1.75. The molecule has 1 amide bonds. The van der Waals surface area contributed by atoms with E-state index < -0.39 is 18.4 Å². The molecule has 1 aliphatic rings. The minimum atomic E-state index is -1.13. The van der Waals surface area contributed by atoms with Crippen LogP contribution in [0.3, 0.4) is 0 Å². The molecule has 0 spiro atoms. The number of methoxy groups -OCH3 is 1. The predicted molar refractivity (Wildman–Crippen MR) is 111 cm³/mol. The smallest absolute Gasteiger partial charge is 0.323 e. The summed E-state index contributed by atoms with van der Waals surface area (Å²) in [5.41, 5.74) is 1.48. The fourth-order valence-electron chi connectivity index (χ4n) is 2.56. The zero-order valence-electron chi connectivity index (χ0n) is 15.3. The van der Waals surface area contributed by atoms with Crippen molar-refractivity contribution in [2.75, 3.05) is 13.7 Å². The van der Waals surface area contributed by atoms with E-state index in [2.05, 4.69) is 0 Å². The lowest BCUT2D eigenvalue weighted by Gasteiger charge is -2.12. The van der Waals surface area contributed by atoms with Gasteiger partial charge in [0.15, 0.2) is 11.5 Å². The largest absolute Gasteiger partial charge is 0.493 e. The van der Waals surface area contributed by atoms with E-state index in [0.29, 0.717) is 22.0 Å². The second kappa shape index (κ2) is 9.06. The molecule has 0 bridgehead atoms. The van der Waals surface area contributed by atoms with Crippen LogP contribution in [0.25, 0.3) is 6.08 Å². The number of benzene rings is 2. The number of ether oxygens (including phenoxy) is 2. The number of nitrogens with zero attached hydrogens (tertiary/aromatic N) is 1. The van der Waals surface area contributed by atoms with Crippen molar-refractivity contribution in [3.05, 3.63) is 64.3 Å². The highest BCUT2D eigenvalue weighted by Crippen LogP contribution is 2.34. The quantitative estimate of drug-likeness (QED) is 0.527. The maximum atomic E-state index is 13.0. The molecule has 0 aliphatic carbocycles. The molecule has 9 heteroatoms. The number of halogens is 1. The molecule has 1 aliphatic heterocycles. The number of rotatable bonds is 7. The van der Waals surface area contributed by atoms with Crippen LogP contribution in [0.1, 0.15) is 11.1 Å². The molecule has 3 rings (SSSR count). The number of thioether (sulfide) groups is 1. The van der Waals surface area contributed by atoms with Crippen molar-refractivity contribution in [3.63, 3.8) is 0 Å². The Labute approximate surface area is 175 Å². The molecule has 1 saturated heterocycles. The van der Waals surface area contributed by atoms with Crippen LogP contribution in [0, 0.1) is 5.82 Å². The SMILES string of the molecule is COc1cc(/C=C2/SC(=S)N(CC(=O)O)C2=O)ccc1OCc1ccc(F)cc1. The van der Waals surface area contributed by atoms with E-state index >= 15 is 0 Å². The Bertz CT molecular complexity index is 991. The number of carbonyl (C=O) groups excluding carboxylic acids is 1. The average Bonchev–Trinajstić information content (AvgIpc) is 2.95. The van der Waals surface area contributed by atoms with E-state index in [1.54, 1.807) is 36.4 Å². The Morgan fingerprint density at radius 2 is 1.97 bits per heavy atom. The predicted octanol–water partition coefficient (Wildman–Crippen LogP) is 3.70. The van der Waals surface area contributed by atoms with Crippen LogP contribution in [-0.2, 0) is 16.2 Å². The third-order valence-electron chi connectivity index (χ3n) is 3.96. The molecular weight excluding hydrogens is 417 g/mol. The molecule has 2 aromatic carbocycles. The molecule has 29 heavy (non-hydrogen) atoms. The minimum absolute atomic E-state index is 0.204. The highest BCUT2D eigenvalue weighted by atomic mass is 32.2. The Morgan fingerprint density at radius 1 is 1.24 bits per heavy atom. The number of carbonyl (C=O) groups is 2. The molecule has 1 N–H and O–H groups in total. The van der Waals surface area contributed by atoms with Gasteiger partial charge in [0.05, 0.1) is 12.0 Å². The van der Waals surface area contributed by atoms with E-state index in [4.69, 9.17) is 26.8 Å². The zero-order valence-corrected chi connectivity index (χ0v) is 16.9. The topological polar surface area (TPSA) is 76.1 Å². The maximum absolute atomic E-state index is 13.0. The van der Waals surface area contributed by atoms with E-state index in [9.17, 15) is 14.0 Å². The van der Waals surface area contributed by atoms with Crippen molar-refractivity contribution in [1.82, 2.24) is 4.90 Å². The summed E-state index contributed by atoms with van der Waals surface area (Å²) in [7, 11) is 1.50. The first-order valence-corrected chi connectivity index (χ1v) is 9.62. The molecule has 1 fully saturated rings. The molecule has 0 radical (unpaired) electrons. The summed E-state index contributed by atoms with van der Waals surface area (Å²) in [6.07, 6.45) is 1.62. The van der Waals surface area contributed by atoms with Crippen LogP contribution in [0.4, 0.5) is 4.39 Å². The first-order valence-electron chi connectivity index (χ1n) is 8.40. The van der Waals surface area contributed by atoms with Gasteiger partial charge in [-0.05, 0) is 41.5 Å². The molecule has 6 nitrogen and oxygen atoms in total. The van der Waals surface area contributed by atoms with Gasteiger partial charge in [0.1, 0.15) is 23.3 Å². The van der Waals surface area contributed by atoms with Crippen molar-refractivity contribution in [1.29, 1.82) is 0 Å². The van der Waals surface area contributed by atoms with Gasteiger partial charge in [-0.25, -0.2) is 4.39 Å². The van der Waals surface area contributed by atoms with Crippen LogP contribution in [0.5, 0.6) is 11.5 Å². The molecule has 1 heterocycles. The number of aliphatic carboxylic acids is 1. The Hall–Kier alpha value is -2.91. The lowest BCUT2D eigenvalue weighted by Crippen LogP contribution is -2.33. The number of hydrogen-bond donors (Lipinski definition) is 1. The molecule has 0 unspecified atom stereocenters. The van der Waals surface area contributed by atoms with Crippen molar-refractivity contribution in [2.45, 2.75) is 6.61 Å². The zero-order chi connectivity index (χ0) is 21.0. The second-order valence-corrected chi connectivity index (χ2v) is 7.66. The Morgan fingerprint density at radius 3 is 2.62 bits per heavy atom. The standard InChI is InChI=1S/C20H16FNO5S2/c1-26-16-8-13(9-17-19(25)22(10-18(23)24)20(28)29-17)4-7-15(16)27-11-12-2-5-14(21)6-3-12/h2-9H,10-11H2,1H3,(H,23,24)/b17-9+. The molecule has 2 aromatic rings. The monoisotopic (exact) mass is 433 g/mol. The van der Waals surface area contributed by atoms with Crippen LogP contribution in [0.15, 0.2) is 47.4 Å². The summed E-state index contributed by atoms with van der Waals surface area (Å²) in [6.45, 7) is -0.231. The van der Waals surface area contributed by atoms with Crippen molar-refractivity contribution < 1.29 is 28.6 Å². The van der Waals surface area contributed by atoms with Crippen molar-refractivity contribution in [3.8, 4) is 11.5 Å². The number of thiocarbonyl (C=S) groups is 1. The average molecular weight is 433 g/mol. The number of amides is 1. The van der Waals surface area contributed by atoms with Gasteiger partial charge in [0, 0.05) is 0 Å². The van der Waals surface area contributed by atoms with E-state index in [0.717, 1.165) is 22.2 Å². The summed E-state index contributed by atoms with van der Waals surface area (Å²) in [5, 5.41) is 8.90. The number of hydrogen-bond acceptors (Lipinski definition) is 6. The fraction of sp³-hybridized carbons (Fsp3) is 0.150. The third kappa shape index (κ3) is 5.12. The highest BCUT2D eigenvalue weighted by Gasteiger charge is 2.33. The molecule has 0 aromatic heterocycles.